The second-order valence-electron chi connectivity index (χ2n) is 10.5. The molecule has 0 fully saturated rings. The molecule has 3 aromatic rings. The normalized spacial score (nSPS) is 13.1. The highest BCUT2D eigenvalue weighted by Crippen LogP contribution is 2.17. The fourth-order valence-electron chi connectivity index (χ4n) is 4.06. The standard InChI is InChI=1S/C30H39N7O5/c1-6-24(25(38)18-37-35-30(34-36-37)42-23-15-12-20(4)13-16-23)32-28(40)21(5)31-29(41)27(19(2)3)33-26(39)17-14-22-10-8-7-9-11-22/h7-13,15-16,19,21,24,27H,6,14,17-18H2,1-5H3,(H,31,41)(H,32,40)(H,33,39)/t21-,24?,27-/m0/s1. The molecule has 12 heteroatoms. The largest absolute Gasteiger partial charge is 0.422 e. The molecule has 0 radical (unpaired) electrons. The van der Waals surface area contributed by atoms with E-state index in [1.165, 1.54) is 6.92 Å². The lowest BCUT2D eigenvalue weighted by molar-refractivity contribution is -0.133. The van der Waals surface area contributed by atoms with Crippen molar-refractivity contribution in [2.24, 2.45) is 5.92 Å². The smallest absolute Gasteiger partial charge is 0.361 e. The molecule has 0 saturated heterocycles. The summed E-state index contributed by atoms with van der Waals surface area (Å²) in [6.45, 7) is 8.63. The predicted octanol–water partition coefficient (Wildman–Crippen LogP) is 2.52. The van der Waals surface area contributed by atoms with E-state index >= 15 is 0 Å². The van der Waals surface area contributed by atoms with Crippen molar-refractivity contribution < 1.29 is 23.9 Å². The van der Waals surface area contributed by atoms with Crippen molar-refractivity contribution >= 4 is 23.5 Å². The highest BCUT2D eigenvalue weighted by molar-refractivity contribution is 5.94. The first-order valence-electron chi connectivity index (χ1n) is 14.0. The Balaban J connectivity index is 1.49. The number of Topliss-reactive ketones (excluding diaryl/α,β-unsaturated/α-hetero) is 1. The van der Waals surface area contributed by atoms with Crippen LogP contribution in [-0.4, -0.2) is 61.8 Å². The Morgan fingerprint density at radius 1 is 0.905 bits per heavy atom. The molecule has 3 N–H and O–H groups in total. The monoisotopic (exact) mass is 577 g/mol. The molecular formula is C30H39N7O5. The summed E-state index contributed by atoms with van der Waals surface area (Å²) in [4.78, 5) is 52.4. The minimum Gasteiger partial charge on any atom is -0.422 e. The van der Waals surface area contributed by atoms with Gasteiger partial charge in [0.05, 0.1) is 6.04 Å². The van der Waals surface area contributed by atoms with Gasteiger partial charge in [-0.05, 0) is 55.5 Å². The van der Waals surface area contributed by atoms with Crippen LogP contribution in [0.4, 0.5) is 0 Å². The van der Waals surface area contributed by atoms with E-state index in [1.54, 1.807) is 19.1 Å². The van der Waals surface area contributed by atoms with Crippen LogP contribution in [0.25, 0.3) is 0 Å². The number of carbonyl (C=O) groups excluding carboxylic acids is 4. The number of hydrogen-bond acceptors (Lipinski definition) is 8. The molecule has 1 unspecified atom stereocenters. The summed E-state index contributed by atoms with van der Waals surface area (Å²) in [5, 5.41) is 19.9. The zero-order valence-corrected chi connectivity index (χ0v) is 24.7. The number of aromatic nitrogens is 4. The molecule has 3 rings (SSSR count). The predicted molar refractivity (Wildman–Crippen MR) is 155 cm³/mol. The fourth-order valence-corrected chi connectivity index (χ4v) is 4.06. The van der Waals surface area contributed by atoms with Crippen molar-refractivity contribution in [2.75, 3.05) is 0 Å². The number of amides is 3. The summed E-state index contributed by atoms with van der Waals surface area (Å²) in [6.07, 6.45) is 1.10. The van der Waals surface area contributed by atoms with Crippen molar-refractivity contribution in [3.8, 4) is 11.8 Å². The lowest BCUT2D eigenvalue weighted by Gasteiger charge is -2.25. The first-order valence-corrected chi connectivity index (χ1v) is 14.0. The number of carbonyl (C=O) groups is 4. The summed E-state index contributed by atoms with van der Waals surface area (Å²) in [6, 6.07) is 14.3. The number of benzene rings is 2. The molecule has 1 aromatic heterocycles. The van der Waals surface area contributed by atoms with E-state index in [-0.39, 0.29) is 36.6 Å². The van der Waals surface area contributed by atoms with Gasteiger partial charge in [-0.15, -0.1) is 0 Å². The van der Waals surface area contributed by atoms with Crippen molar-refractivity contribution in [1.82, 2.24) is 36.2 Å². The Morgan fingerprint density at radius 2 is 1.60 bits per heavy atom. The molecule has 3 atom stereocenters. The first kappa shape index (κ1) is 31.9. The molecule has 0 spiro atoms. The maximum absolute atomic E-state index is 13.0. The van der Waals surface area contributed by atoms with E-state index in [2.05, 4.69) is 31.4 Å². The van der Waals surface area contributed by atoms with Crippen LogP contribution >= 0.6 is 0 Å². The highest BCUT2D eigenvalue weighted by atomic mass is 16.5. The van der Waals surface area contributed by atoms with Crippen LogP contribution in [0.5, 0.6) is 11.8 Å². The second kappa shape index (κ2) is 15.4. The van der Waals surface area contributed by atoms with Gasteiger partial charge in [0.25, 0.3) is 0 Å². The maximum Gasteiger partial charge on any atom is 0.361 e. The summed E-state index contributed by atoms with van der Waals surface area (Å²) >= 11 is 0. The number of ketones is 1. The topological polar surface area (TPSA) is 157 Å². The quantitative estimate of drug-likeness (QED) is 0.249. The van der Waals surface area contributed by atoms with E-state index < -0.39 is 29.9 Å². The SMILES string of the molecule is CCC(NC(=O)[C@H](C)NC(=O)[C@@H](NC(=O)CCc1ccccc1)C(C)C)C(=O)Cn1nnc(Oc2ccc(C)cc2)n1. The number of rotatable bonds is 15. The van der Waals surface area contributed by atoms with Crippen molar-refractivity contribution in [3.63, 3.8) is 0 Å². The number of ether oxygens (including phenoxy) is 1. The maximum atomic E-state index is 13.0. The van der Waals surface area contributed by atoms with Gasteiger partial charge < -0.3 is 20.7 Å². The molecule has 2 aromatic carbocycles. The minimum absolute atomic E-state index is 0.00747. The Kier molecular flexibility index (Phi) is 11.7. The molecule has 0 saturated carbocycles. The summed E-state index contributed by atoms with van der Waals surface area (Å²) in [7, 11) is 0. The van der Waals surface area contributed by atoms with Gasteiger partial charge in [-0.1, -0.05) is 79.0 Å². The van der Waals surface area contributed by atoms with E-state index in [1.807, 2.05) is 63.2 Å². The lowest BCUT2D eigenvalue weighted by Crippen LogP contribution is -2.56. The van der Waals surface area contributed by atoms with E-state index in [4.69, 9.17) is 4.74 Å². The average molecular weight is 578 g/mol. The van der Waals surface area contributed by atoms with E-state index in [9.17, 15) is 19.2 Å². The minimum atomic E-state index is -0.944. The van der Waals surface area contributed by atoms with Crippen LogP contribution in [0.1, 0.15) is 51.7 Å². The highest BCUT2D eigenvalue weighted by Gasteiger charge is 2.28. The number of tetrazole rings is 1. The van der Waals surface area contributed by atoms with Crippen LogP contribution in [0.2, 0.25) is 0 Å². The molecule has 224 valence electrons. The molecule has 12 nitrogen and oxygen atoms in total. The lowest BCUT2D eigenvalue weighted by atomic mass is 10.0. The number of nitrogens with zero attached hydrogens (tertiary/aromatic N) is 4. The Bertz CT molecular complexity index is 1340. The molecular weight excluding hydrogens is 538 g/mol. The third kappa shape index (κ3) is 9.79. The van der Waals surface area contributed by atoms with E-state index in [0.29, 0.717) is 18.6 Å². The van der Waals surface area contributed by atoms with Crippen molar-refractivity contribution in [3.05, 3.63) is 65.7 Å². The molecule has 0 aliphatic rings. The van der Waals surface area contributed by atoms with Gasteiger partial charge in [-0.2, -0.15) is 4.80 Å². The molecule has 0 bridgehead atoms. The van der Waals surface area contributed by atoms with Gasteiger partial charge in [0.15, 0.2) is 5.78 Å². The Morgan fingerprint density at radius 3 is 2.24 bits per heavy atom. The number of aryl methyl sites for hydroxylation is 2. The van der Waals surface area contributed by atoms with Crippen molar-refractivity contribution in [2.45, 2.75) is 78.6 Å². The summed E-state index contributed by atoms with van der Waals surface area (Å²) in [5.74, 6) is -1.27. The van der Waals surface area contributed by atoms with Crippen LogP contribution in [0, 0.1) is 12.8 Å². The molecule has 0 aliphatic carbocycles. The third-order valence-corrected chi connectivity index (χ3v) is 6.58. The Labute approximate surface area is 245 Å². The van der Waals surface area contributed by atoms with Gasteiger partial charge >= 0.3 is 6.01 Å². The van der Waals surface area contributed by atoms with Gasteiger partial charge in [0.2, 0.25) is 17.7 Å². The molecule has 3 amide bonds. The Hall–Kier alpha value is -4.61. The summed E-state index contributed by atoms with van der Waals surface area (Å²) < 4.78 is 5.56. The molecule has 42 heavy (non-hydrogen) atoms. The van der Waals surface area contributed by atoms with Crippen LogP contribution < -0.4 is 20.7 Å². The fraction of sp³-hybridized carbons (Fsp3) is 0.433. The van der Waals surface area contributed by atoms with Gasteiger partial charge in [0.1, 0.15) is 24.4 Å². The zero-order chi connectivity index (χ0) is 30.6. The molecule has 0 aliphatic heterocycles. The molecule has 1 heterocycles. The number of hydrogen-bond donors (Lipinski definition) is 3. The van der Waals surface area contributed by atoms with Gasteiger partial charge in [0, 0.05) is 6.42 Å². The number of nitrogens with one attached hydrogen (secondary N) is 3. The second-order valence-corrected chi connectivity index (χ2v) is 10.5. The van der Waals surface area contributed by atoms with Crippen LogP contribution in [0.15, 0.2) is 54.6 Å². The zero-order valence-electron chi connectivity index (χ0n) is 24.7. The van der Waals surface area contributed by atoms with E-state index in [0.717, 1.165) is 15.9 Å². The van der Waals surface area contributed by atoms with Gasteiger partial charge in [-0.3, -0.25) is 19.2 Å². The first-order chi connectivity index (χ1) is 20.0. The summed E-state index contributed by atoms with van der Waals surface area (Å²) in [5.41, 5.74) is 2.10. The van der Waals surface area contributed by atoms with Crippen molar-refractivity contribution in [1.29, 1.82) is 0 Å². The van der Waals surface area contributed by atoms with Gasteiger partial charge in [-0.25, -0.2) is 0 Å². The van der Waals surface area contributed by atoms with Crippen LogP contribution in [-0.2, 0) is 32.1 Å². The average Bonchev–Trinajstić information content (AvgIpc) is 3.41. The van der Waals surface area contributed by atoms with Crippen LogP contribution in [0.3, 0.4) is 0 Å². The third-order valence-electron chi connectivity index (χ3n) is 6.58.